The van der Waals surface area contributed by atoms with Gasteiger partial charge in [-0.2, -0.15) is 4.98 Å². The first kappa shape index (κ1) is 23.0. The molecular weight excluding hydrogens is 396 g/mol. The van der Waals surface area contributed by atoms with Crippen LogP contribution in [0.5, 0.6) is 6.01 Å². The van der Waals surface area contributed by atoms with Crippen molar-refractivity contribution in [3.63, 3.8) is 0 Å². The summed E-state index contributed by atoms with van der Waals surface area (Å²) in [4.78, 5) is 4.61. The van der Waals surface area contributed by atoms with Gasteiger partial charge >= 0.3 is 0 Å². The third-order valence-electron chi connectivity index (χ3n) is 4.81. The third-order valence-corrected chi connectivity index (χ3v) is 4.81. The van der Waals surface area contributed by atoms with E-state index in [-0.39, 0.29) is 0 Å². The molecule has 0 saturated carbocycles. The van der Waals surface area contributed by atoms with Crippen LogP contribution in [0.4, 0.5) is 0 Å². The first-order valence-corrected chi connectivity index (χ1v) is 10.4. The number of rotatable bonds is 14. The van der Waals surface area contributed by atoms with Crippen molar-refractivity contribution in [3.8, 4) is 6.01 Å². The number of fused-ring (bicyclic) bond motifs is 1. The Morgan fingerprint density at radius 2 is 1.65 bits per heavy atom. The van der Waals surface area contributed by atoms with Crippen LogP contribution in [0.1, 0.15) is 11.7 Å². The average Bonchev–Trinajstić information content (AvgIpc) is 3.16. The first-order valence-electron chi connectivity index (χ1n) is 10.4. The smallest absolute Gasteiger partial charge is 0.298 e. The molecule has 0 aliphatic rings. The van der Waals surface area contributed by atoms with Crippen LogP contribution >= 0.6 is 0 Å². The van der Waals surface area contributed by atoms with Crippen molar-refractivity contribution in [2.45, 2.75) is 18.8 Å². The van der Waals surface area contributed by atoms with Gasteiger partial charge < -0.3 is 24.1 Å². The molecule has 2 aromatic carbocycles. The lowest BCUT2D eigenvalue weighted by atomic mass is 10.0. The minimum Gasteiger partial charge on any atom is -0.454 e. The Kier molecular flexibility index (Phi) is 9.05. The molecule has 3 aromatic rings. The van der Waals surface area contributed by atoms with Gasteiger partial charge in [0.1, 0.15) is 12.2 Å². The van der Waals surface area contributed by atoms with Gasteiger partial charge in [0.2, 0.25) is 0 Å². The van der Waals surface area contributed by atoms with Crippen molar-refractivity contribution in [2.75, 3.05) is 40.1 Å². The van der Waals surface area contributed by atoms with E-state index >= 15 is 0 Å². The van der Waals surface area contributed by atoms with Crippen molar-refractivity contribution in [2.24, 2.45) is 0 Å². The van der Waals surface area contributed by atoms with Crippen LogP contribution in [0.25, 0.3) is 11.0 Å². The standard InChI is InChI=1S/C24H30N2O5/c1-3-22(23(27)19-9-5-4-6-10-19)31-24-25-20-11-7-8-12-21(20)26(24)13-14-29-17-18-30-16-15-28-2/h3-12,22-23,27H,1,13-18H2,2H3/t22-,23-/m1/s1. The second-order valence-corrected chi connectivity index (χ2v) is 6.93. The zero-order valence-corrected chi connectivity index (χ0v) is 17.9. The zero-order chi connectivity index (χ0) is 21.9. The Bertz CT molecular complexity index is 928. The molecule has 0 aliphatic carbocycles. The van der Waals surface area contributed by atoms with Crippen molar-refractivity contribution >= 4 is 11.0 Å². The molecule has 0 unspecified atom stereocenters. The first-order chi connectivity index (χ1) is 15.2. The number of para-hydroxylation sites is 2. The SMILES string of the molecule is C=C[C@@H](Oc1nc2ccccc2n1CCOCCOCCOC)[C@H](O)c1ccccc1. The number of hydrogen-bond donors (Lipinski definition) is 1. The Labute approximate surface area is 182 Å². The molecule has 3 rings (SSSR count). The van der Waals surface area contributed by atoms with Crippen LogP contribution < -0.4 is 4.74 Å². The molecule has 0 amide bonds. The molecular formula is C24H30N2O5. The predicted octanol–water partition coefficient (Wildman–Crippen LogP) is 3.38. The molecule has 7 nitrogen and oxygen atoms in total. The minimum absolute atomic E-state index is 0.418. The molecule has 2 atom stereocenters. The maximum absolute atomic E-state index is 10.8. The number of methoxy groups -OCH3 is 1. The number of hydrogen-bond acceptors (Lipinski definition) is 6. The largest absolute Gasteiger partial charge is 0.454 e. The Morgan fingerprint density at radius 1 is 0.968 bits per heavy atom. The lowest BCUT2D eigenvalue weighted by molar-refractivity contribution is 0.0218. The Balaban J connectivity index is 1.66. The number of nitrogens with zero attached hydrogens (tertiary/aromatic N) is 2. The predicted molar refractivity (Wildman–Crippen MR) is 119 cm³/mol. The van der Waals surface area contributed by atoms with E-state index < -0.39 is 12.2 Å². The fourth-order valence-electron chi connectivity index (χ4n) is 3.18. The van der Waals surface area contributed by atoms with Gasteiger partial charge in [0.25, 0.3) is 6.01 Å². The van der Waals surface area contributed by atoms with Crippen molar-refractivity contribution in [1.82, 2.24) is 9.55 Å². The highest BCUT2D eigenvalue weighted by Gasteiger charge is 2.23. The van der Waals surface area contributed by atoms with E-state index in [1.807, 2.05) is 59.2 Å². The van der Waals surface area contributed by atoms with Crippen molar-refractivity contribution in [1.29, 1.82) is 0 Å². The molecule has 0 spiro atoms. The second kappa shape index (κ2) is 12.2. The molecule has 7 heteroatoms. The van der Waals surface area contributed by atoms with Crippen LogP contribution in [0.15, 0.2) is 67.3 Å². The normalized spacial score (nSPS) is 13.2. The molecule has 1 aromatic heterocycles. The molecule has 0 fully saturated rings. The van der Waals surface area contributed by atoms with Gasteiger partial charge in [-0.05, 0) is 23.8 Å². The molecule has 0 bridgehead atoms. The number of benzene rings is 2. The summed E-state index contributed by atoms with van der Waals surface area (Å²) in [5.74, 6) is 0. The van der Waals surface area contributed by atoms with Gasteiger partial charge in [0, 0.05) is 7.11 Å². The van der Waals surface area contributed by atoms with Crippen LogP contribution in [0, 0.1) is 0 Å². The van der Waals surface area contributed by atoms with E-state index in [0.717, 1.165) is 16.6 Å². The van der Waals surface area contributed by atoms with Crippen LogP contribution in [0.3, 0.4) is 0 Å². The highest BCUT2D eigenvalue weighted by atomic mass is 16.5. The van der Waals surface area contributed by atoms with E-state index in [2.05, 4.69) is 11.6 Å². The Hall–Kier alpha value is -2.71. The average molecular weight is 427 g/mol. The van der Waals surface area contributed by atoms with E-state index in [0.29, 0.717) is 45.6 Å². The maximum atomic E-state index is 10.8. The molecule has 0 saturated heterocycles. The minimum atomic E-state index is -0.854. The summed E-state index contributed by atoms with van der Waals surface area (Å²) >= 11 is 0. The van der Waals surface area contributed by atoms with Gasteiger partial charge in [-0.3, -0.25) is 4.57 Å². The monoisotopic (exact) mass is 426 g/mol. The zero-order valence-electron chi connectivity index (χ0n) is 17.9. The summed E-state index contributed by atoms with van der Waals surface area (Å²) in [6.45, 7) is 7.00. The Morgan fingerprint density at radius 3 is 2.39 bits per heavy atom. The number of aliphatic hydroxyl groups is 1. The van der Waals surface area contributed by atoms with E-state index in [4.69, 9.17) is 18.9 Å². The van der Waals surface area contributed by atoms with Gasteiger partial charge in [0.15, 0.2) is 0 Å². The number of ether oxygens (including phenoxy) is 4. The fourth-order valence-corrected chi connectivity index (χ4v) is 3.18. The van der Waals surface area contributed by atoms with Crippen LogP contribution in [-0.2, 0) is 20.8 Å². The van der Waals surface area contributed by atoms with Crippen LogP contribution in [0.2, 0.25) is 0 Å². The van der Waals surface area contributed by atoms with Crippen molar-refractivity contribution in [3.05, 3.63) is 72.8 Å². The second-order valence-electron chi connectivity index (χ2n) is 6.93. The van der Waals surface area contributed by atoms with Gasteiger partial charge in [-0.25, -0.2) is 0 Å². The van der Waals surface area contributed by atoms with E-state index in [1.165, 1.54) is 0 Å². The van der Waals surface area contributed by atoms with Gasteiger partial charge in [-0.15, -0.1) is 0 Å². The quantitative estimate of drug-likeness (QED) is 0.315. The van der Waals surface area contributed by atoms with Gasteiger partial charge in [0.05, 0.1) is 50.6 Å². The summed E-state index contributed by atoms with van der Waals surface area (Å²) in [7, 11) is 1.64. The summed E-state index contributed by atoms with van der Waals surface area (Å²) in [6, 6.07) is 17.6. The lowest BCUT2D eigenvalue weighted by Crippen LogP contribution is -2.25. The number of aromatic nitrogens is 2. The van der Waals surface area contributed by atoms with Gasteiger partial charge in [-0.1, -0.05) is 49.0 Å². The third kappa shape index (κ3) is 6.38. The molecule has 1 heterocycles. The highest BCUT2D eigenvalue weighted by molar-refractivity contribution is 5.76. The number of imidazole rings is 1. The molecule has 166 valence electrons. The molecule has 31 heavy (non-hydrogen) atoms. The van der Waals surface area contributed by atoms with Crippen molar-refractivity contribution < 1.29 is 24.1 Å². The highest BCUT2D eigenvalue weighted by Crippen LogP contribution is 2.26. The van der Waals surface area contributed by atoms with Crippen LogP contribution in [-0.4, -0.2) is 60.9 Å². The molecule has 0 radical (unpaired) electrons. The molecule has 1 N–H and O–H groups in total. The number of aliphatic hydroxyl groups excluding tert-OH is 1. The van der Waals surface area contributed by atoms with E-state index in [9.17, 15) is 5.11 Å². The maximum Gasteiger partial charge on any atom is 0.298 e. The lowest BCUT2D eigenvalue weighted by Gasteiger charge is -2.21. The summed E-state index contributed by atoms with van der Waals surface area (Å²) in [6.07, 6.45) is 0.0930. The summed E-state index contributed by atoms with van der Waals surface area (Å²) in [5.41, 5.74) is 2.51. The topological polar surface area (TPSA) is 75.0 Å². The fraction of sp³-hybridized carbons (Fsp3) is 0.375. The summed E-state index contributed by atoms with van der Waals surface area (Å²) in [5, 5.41) is 10.8. The summed E-state index contributed by atoms with van der Waals surface area (Å²) < 4.78 is 24.1. The molecule has 0 aliphatic heterocycles. The van der Waals surface area contributed by atoms with E-state index in [1.54, 1.807) is 13.2 Å².